The highest BCUT2D eigenvalue weighted by Crippen LogP contribution is 2.41. The maximum absolute atomic E-state index is 5.62. The lowest BCUT2D eigenvalue weighted by atomic mass is 9.69. The summed E-state index contributed by atoms with van der Waals surface area (Å²) in [4.78, 5) is 0. The molecule has 0 bridgehead atoms. The summed E-state index contributed by atoms with van der Waals surface area (Å²) in [5.74, 6) is 3.81. The molecule has 1 nitrogen and oxygen atoms in total. The molecule has 0 aromatic rings. The molecule has 0 aromatic heterocycles. The first-order chi connectivity index (χ1) is 11.3. The van der Waals surface area contributed by atoms with E-state index in [9.17, 15) is 0 Å². The molecule has 2 aliphatic rings. The molecule has 2 fully saturated rings. The Morgan fingerprint density at radius 2 is 1.48 bits per heavy atom. The van der Waals surface area contributed by atoms with Crippen LogP contribution in [0.25, 0.3) is 0 Å². The molecular formula is C22H40O. The summed E-state index contributed by atoms with van der Waals surface area (Å²) in [6, 6.07) is 0. The summed E-state index contributed by atoms with van der Waals surface area (Å²) in [5.41, 5.74) is 0. The number of allylic oxidation sites excluding steroid dienone is 2. The van der Waals surface area contributed by atoms with Crippen LogP contribution in [-0.2, 0) is 4.74 Å². The molecule has 0 N–H and O–H groups in total. The van der Waals surface area contributed by atoms with Crippen molar-refractivity contribution in [2.45, 2.75) is 90.9 Å². The molecule has 0 aliphatic heterocycles. The van der Waals surface area contributed by atoms with Gasteiger partial charge in [-0.05, 0) is 94.8 Å². The molecule has 23 heavy (non-hydrogen) atoms. The van der Waals surface area contributed by atoms with Gasteiger partial charge in [0.15, 0.2) is 0 Å². The Morgan fingerprint density at radius 3 is 2.09 bits per heavy atom. The first kappa shape index (κ1) is 19.0. The average Bonchev–Trinajstić information content (AvgIpc) is 2.61. The van der Waals surface area contributed by atoms with E-state index in [1.165, 1.54) is 77.0 Å². The highest BCUT2D eigenvalue weighted by atomic mass is 16.5. The molecule has 0 radical (unpaired) electrons. The predicted octanol–water partition coefficient (Wildman–Crippen LogP) is 6.77. The fraction of sp³-hybridized carbons (Fsp3) is 0.909. The Balaban J connectivity index is 1.59. The first-order valence-electron chi connectivity index (χ1n) is 10.6. The average molecular weight is 321 g/mol. The summed E-state index contributed by atoms with van der Waals surface area (Å²) in [5, 5.41) is 0. The van der Waals surface area contributed by atoms with E-state index in [0.29, 0.717) is 0 Å². The van der Waals surface area contributed by atoms with E-state index in [1.807, 2.05) is 0 Å². The van der Waals surface area contributed by atoms with Crippen LogP contribution in [-0.4, -0.2) is 13.2 Å². The van der Waals surface area contributed by atoms with Crippen LogP contribution in [0, 0.1) is 23.7 Å². The minimum Gasteiger partial charge on any atom is -0.381 e. The SMILES string of the molecule is CCCCCC=C[C@H]1CC[C@H]([C@H]2CC[C@H](COCC)CC2)CC1. The molecular weight excluding hydrogens is 280 g/mol. The maximum Gasteiger partial charge on any atom is 0.0494 e. The third kappa shape index (κ3) is 6.99. The summed E-state index contributed by atoms with van der Waals surface area (Å²) >= 11 is 0. The molecule has 0 unspecified atom stereocenters. The molecule has 0 atom stereocenters. The van der Waals surface area contributed by atoms with Crippen molar-refractivity contribution in [1.82, 2.24) is 0 Å². The summed E-state index contributed by atoms with van der Waals surface area (Å²) in [6.07, 6.45) is 22.1. The Labute approximate surface area is 145 Å². The van der Waals surface area contributed by atoms with Crippen LogP contribution in [0.1, 0.15) is 90.9 Å². The normalized spacial score (nSPS) is 32.4. The van der Waals surface area contributed by atoms with Crippen molar-refractivity contribution in [3.05, 3.63) is 12.2 Å². The van der Waals surface area contributed by atoms with Gasteiger partial charge in [0, 0.05) is 13.2 Å². The van der Waals surface area contributed by atoms with Crippen molar-refractivity contribution in [2.24, 2.45) is 23.7 Å². The number of unbranched alkanes of at least 4 members (excludes halogenated alkanes) is 3. The summed E-state index contributed by atoms with van der Waals surface area (Å²) in [7, 11) is 0. The van der Waals surface area contributed by atoms with E-state index in [2.05, 4.69) is 26.0 Å². The first-order valence-corrected chi connectivity index (χ1v) is 10.6. The molecule has 0 amide bonds. The van der Waals surface area contributed by atoms with E-state index in [4.69, 9.17) is 4.74 Å². The second-order valence-electron chi connectivity index (χ2n) is 8.04. The summed E-state index contributed by atoms with van der Waals surface area (Å²) < 4.78 is 5.62. The molecule has 1 heteroatoms. The zero-order valence-corrected chi connectivity index (χ0v) is 15.8. The van der Waals surface area contributed by atoms with Crippen molar-refractivity contribution in [3.8, 4) is 0 Å². The fourth-order valence-corrected chi connectivity index (χ4v) is 4.72. The lowest BCUT2D eigenvalue weighted by Gasteiger charge is -2.37. The molecule has 0 saturated heterocycles. The molecule has 0 spiro atoms. The summed E-state index contributed by atoms with van der Waals surface area (Å²) in [6.45, 7) is 6.30. The molecule has 2 aliphatic carbocycles. The van der Waals surface area contributed by atoms with E-state index in [0.717, 1.165) is 36.9 Å². The zero-order chi connectivity index (χ0) is 16.3. The molecule has 0 heterocycles. The minimum absolute atomic E-state index is 0.855. The van der Waals surface area contributed by atoms with Gasteiger partial charge in [-0.25, -0.2) is 0 Å². The van der Waals surface area contributed by atoms with Crippen LogP contribution in [0.4, 0.5) is 0 Å². The Morgan fingerprint density at radius 1 is 0.826 bits per heavy atom. The molecule has 134 valence electrons. The van der Waals surface area contributed by atoms with Crippen molar-refractivity contribution in [1.29, 1.82) is 0 Å². The zero-order valence-electron chi connectivity index (χ0n) is 15.8. The van der Waals surface area contributed by atoms with Gasteiger partial charge in [-0.3, -0.25) is 0 Å². The minimum atomic E-state index is 0.855. The van der Waals surface area contributed by atoms with Crippen molar-refractivity contribution in [2.75, 3.05) is 13.2 Å². The molecule has 2 rings (SSSR count). The van der Waals surface area contributed by atoms with E-state index in [-0.39, 0.29) is 0 Å². The van der Waals surface area contributed by atoms with Crippen LogP contribution in [0.2, 0.25) is 0 Å². The van der Waals surface area contributed by atoms with Crippen LogP contribution in [0.3, 0.4) is 0 Å². The van der Waals surface area contributed by atoms with E-state index < -0.39 is 0 Å². The number of hydrogen-bond donors (Lipinski definition) is 0. The van der Waals surface area contributed by atoms with E-state index in [1.54, 1.807) is 0 Å². The second kappa shape index (κ2) is 11.3. The van der Waals surface area contributed by atoms with Gasteiger partial charge in [0.25, 0.3) is 0 Å². The third-order valence-corrected chi connectivity index (χ3v) is 6.31. The van der Waals surface area contributed by atoms with Crippen molar-refractivity contribution < 1.29 is 4.74 Å². The largest absolute Gasteiger partial charge is 0.381 e. The van der Waals surface area contributed by atoms with Gasteiger partial charge >= 0.3 is 0 Å². The van der Waals surface area contributed by atoms with Gasteiger partial charge in [0.05, 0.1) is 0 Å². The Hall–Kier alpha value is -0.300. The molecule has 0 aromatic carbocycles. The van der Waals surface area contributed by atoms with Gasteiger partial charge in [-0.2, -0.15) is 0 Å². The highest BCUT2D eigenvalue weighted by Gasteiger charge is 2.30. The van der Waals surface area contributed by atoms with Crippen LogP contribution in [0.15, 0.2) is 12.2 Å². The fourth-order valence-electron chi connectivity index (χ4n) is 4.72. The van der Waals surface area contributed by atoms with Crippen LogP contribution in [0.5, 0.6) is 0 Å². The topological polar surface area (TPSA) is 9.23 Å². The monoisotopic (exact) mass is 320 g/mol. The van der Waals surface area contributed by atoms with Gasteiger partial charge in [-0.15, -0.1) is 0 Å². The van der Waals surface area contributed by atoms with E-state index >= 15 is 0 Å². The molecule has 2 saturated carbocycles. The second-order valence-corrected chi connectivity index (χ2v) is 8.04. The smallest absolute Gasteiger partial charge is 0.0494 e. The maximum atomic E-state index is 5.62. The number of ether oxygens (including phenoxy) is 1. The van der Waals surface area contributed by atoms with Gasteiger partial charge in [-0.1, -0.05) is 31.9 Å². The van der Waals surface area contributed by atoms with Crippen molar-refractivity contribution >= 4 is 0 Å². The third-order valence-electron chi connectivity index (χ3n) is 6.31. The van der Waals surface area contributed by atoms with Gasteiger partial charge < -0.3 is 4.74 Å². The van der Waals surface area contributed by atoms with Crippen molar-refractivity contribution in [3.63, 3.8) is 0 Å². The number of hydrogen-bond acceptors (Lipinski definition) is 1. The Bertz CT molecular complexity index is 306. The lowest BCUT2D eigenvalue weighted by Crippen LogP contribution is -2.26. The lowest BCUT2D eigenvalue weighted by molar-refractivity contribution is 0.0727. The number of rotatable bonds is 9. The van der Waals surface area contributed by atoms with Gasteiger partial charge in [0.1, 0.15) is 0 Å². The standard InChI is InChI=1S/C22H40O/c1-3-5-6-7-8-9-19-10-14-21(15-11-19)22-16-12-20(13-17-22)18-23-4-2/h8-9,19-22H,3-7,10-18H2,1-2H3/t19-,20-,21-,22-. The van der Waals surface area contributed by atoms with Gasteiger partial charge in [0.2, 0.25) is 0 Å². The Kier molecular flexibility index (Phi) is 9.34. The predicted molar refractivity (Wildman–Crippen MR) is 101 cm³/mol. The van der Waals surface area contributed by atoms with Crippen LogP contribution < -0.4 is 0 Å². The van der Waals surface area contributed by atoms with Crippen LogP contribution >= 0.6 is 0 Å². The highest BCUT2D eigenvalue weighted by molar-refractivity contribution is 4.92. The quantitative estimate of drug-likeness (QED) is 0.336.